The van der Waals surface area contributed by atoms with Crippen LogP contribution in [0.1, 0.15) is 18.9 Å². The number of aromatic nitrogens is 1. The summed E-state index contributed by atoms with van der Waals surface area (Å²) in [5.41, 5.74) is 0.619. The molecule has 90 valence electrons. The molecule has 2 heterocycles. The molecule has 1 aromatic heterocycles. The SMILES string of the molecule is CC1CN(C)CCCN1c1ccc(C#N)cn1. The molecular formula is C13H18N4. The third kappa shape index (κ3) is 2.75. The molecule has 2 rings (SSSR count). The standard InChI is InChI=1S/C13H18N4/c1-11-10-16(2)6-3-7-17(11)13-5-4-12(8-14)9-15-13/h4-5,9,11H,3,6-7,10H2,1-2H3. The van der Waals surface area contributed by atoms with Gasteiger partial charge in [0.05, 0.1) is 5.56 Å². The first kappa shape index (κ1) is 11.9. The molecule has 1 unspecified atom stereocenters. The molecule has 0 N–H and O–H groups in total. The maximum absolute atomic E-state index is 8.76. The fourth-order valence-corrected chi connectivity index (χ4v) is 2.33. The van der Waals surface area contributed by atoms with E-state index in [9.17, 15) is 0 Å². The minimum atomic E-state index is 0.461. The van der Waals surface area contributed by atoms with E-state index in [0.29, 0.717) is 11.6 Å². The summed E-state index contributed by atoms with van der Waals surface area (Å²) >= 11 is 0. The number of likely N-dealkylation sites (N-methyl/N-ethyl adjacent to an activating group) is 1. The van der Waals surface area contributed by atoms with Crippen LogP contribution in [0.15, 0.2) is 18.3 Å². The van der Waals surface area contributed by atoms with Gasteiger partial charge in [-0.1, -0.05) is 0 Å². The summed E-state index contributed by atoms with van der Waals surface area (Å²) in [6.45, 7) is 5.45. The summed E-state index contributed by atoms with van der Waals surface area (Å²) in [7, 11) is 2.16. The van der Waals surface area contributed by atoms with Crippen LogP contribution in [0, 0.1) is 11.3 Å². The summed E-state index contributed by atoms with van der Waals surface area (Å²) in [5.74, 6) is 0.979. The molecule has 1 aliphatic heterocycles. The summed E-state index contributed by atoms with van der Waals surface area (Å²) in [4.78, 5) is 9.05. The van der Waals surface area contributed by atoms with Crippen LogP contribution in [0.5, 0.6) is 0 Å². The fraction of sp³-hybridized carbons (Fsp3) is 0.538. The van der Waals surface area contributed by atoms with Gasteiger partial charge in [0, 0.05) is 25.3 Å². The average molecular weight is 230 g/mol. The molecule has 0 saturated carbocycles. The predicted molar refractivity (Wildman–Crippen MR) is 67.9 cm³/mol. The van der Waals surface area contributed by atoms with E-state index in [4.69, 9.17) is 5.26 Å². The van der Waals surface area contributed by atoms with Crippen molar-refractivity contribution < 1.29 is 0 Å². The van der Waals surface area contributed by atoms with Crippen molar-refractivity contribution in [2.24, 2.45) is 0 Å². The maximum Gasteiger partial charge on any atom is 0.128 e. The largest absolute Gasteiger partial charge is 0.353 e. The van der Waals surface area contributed by atoms with Gasteiger partial charge in [0.15, 0.2) is 0 Å². The van der Waals surface area contributed by atoms with Crippen LogP contribution in [0.3, 0.4) is 0 Å². The lowest BCUT2D eigenvalue weighted by Crippen LogP contribution is -2.38. The molecule has 1 fully saturated rings. The van der Waals surface area contributed by atoms with E-state index >= 15 is 0 Å². The Bertz CT molecular complexity index is 406. The molecule has 1 aromatic rings. The van der Waals surface area contributed by atoms with Gasteiger partial charge in [-0.3, -0.25) is 0 Å². The van der Waals surface area contributed by atoms with Crippen molar-refractivity contribution in [2.75, 3.05) is 31.6 Å². The van der Waals surface area contributed by atoms with Crippen molar-refractivity contribution in [3.8, 4) is 6.07 Å². The van der Waals surface area contributed by atoms with Crippen LogP contribution in [-0.4, -0.2) is 42.6 Å². The van der Waals surface area contributed by atoms with Gasteiger partial charge in [-0.2, -0.15) is 5.26 Å². The lowest BCUT2D eigenvalue weighted by molar-refractivity contribution is 0.337. The second-order valence-electron chi connectivity index (χ2n) is 4.68. The smallest absolute Gasteiger partial charge is 0.128 e. The highest BCUT2D eigenvalue weighted by atomic mass is 15.3. The second-order valence-corrected chi connectivity index (χ2v) is 4.68. The molecule has 4 nitrogen and oxygen atoms in total. The average Bonchev–Trinajstić information content (AvgIpc) is 2.50. The highest BCUT2D eigenvalue weighted by molar-refractivity contribution is 5.43. The van der Waals surface area contributed by atoms with Crippen molar-refractivity contribution in [1.82, 2.24) is 9.88 Å². The molecule has 0 radical (unpaired) electrons. The monoisotopic (exact) mass is 230 g/mol. The number of pyridine rings is 1. The minimum absolute atomic E-state index is 0.461. The molecule has 1 saturated heterocycles. The summed E-state index contributed by atoms with van der Waals surface area (Å²) < 4.78 is 0. The zero-order valence-electron chi connectivity index (χ0n) is 10.4. The van der Waals surface area contributed by atoms with Crippen molar-refractivity contribution in [3.63, 3.8) is 0 Å². The topological polar surface area (TPSA) is 43.2 Å². The Morgan fingerprint density at radius 3 is 2.88 bits per heavy atom. The summed E-state index contributed by atoms with van der Waals surface area (Å²) in [6, 6.07) is 6.34. The van der Waals surface area contributed by atoms with Gasteiger partial charge in [0.1, 0.15) is 11.9 Å². The lowest BCUT2D eigenvalue weighted by atomic mass is 10.2. The Labute approximate surface area is 102 Å². The number of hydrogen-bond donors (Lipinski definition) is 0. The van der Waals surface area contributed by atoms with E-state index in [2.05, 4.69) is 34.8 Å². The molecule has 0 spiro atoms. The van der Waals surface area contributed by atoms with E-state index < -0.39 is 0 Å². The number of rotatable bonds is 1. The highest BCUT2D eigenvalue weighted by Gasteiger charge is 2.20. The van der Waals surface area contributed by atoms with Gasteiger partial charge in [-0.05, 0) is 39.1 Å². The summed E-state index contributed by atoms with van der Waals surface area (Å²) in [5, 5.41) is 8.76. The van der Waals surface area contributed by atoms with E-state index in [1.54, 1.807) is 6.20 Å². The Morgan fingerprint density at radius 1 is 1.41 bits per heavy atom. The lowest BCUT2D eigenvalue weighted by Gasteiger charge is -2.29. The van der Waals surface area contributed by atoms with Crippen molar-refractivity contribution in [3.05, 3.63) is 23.9 Å². The van der Waals surface area contributed by atoms with E-state index in [0.717, 1.165) is 31.9 Å². The normalized spacial score (nSPS) is 21.9. The molecule has 0 bridgehead atoms. The molecule has 0 aromatic carbocycles. The van der Waals surface area contributed by atoms with Gasteiger partial charge in [0.2, 0.25) is 0 Å². The quantitative estimate of drug-likeness (QED) is 0.733. The molecule has 1 atom stereocenters. The first-order chi connectivity index (χ1) is 8.20. The van der Waals surface area contributed by atoms with Crippen LogP contribution in [0.25, 0.3) is 0 Å². The van der Waals surface area contributed by atoms with Crippen molar-refractivity contribution in [2.45, 2.75) is 19.4 Å². The van der Waals surface area contributed by atoms with Crippen LogP contribution in [0.2, 0.25) is 0 Å². The van der Waals surface area contributed by atoms with Gasteiger partial charge in [0.25, 0.3) is 0 Å². The number of nitrogens with zero attached hydrogens (tertiary/aromatic N) is 4. The third-order valence-corrected chi connectivity index (χ3v) is 3.22. The highest BCUT2D eigenvalue weighted by Crippen LogP contribution is 2.17. The van der Waals surface area contributed by atoms with Crippen molar-refractivity contribution in [1.29, 1.82) is 5.26 Å². The molecule has 0 amide bonds. The third-order valence-electron chi connectivity index (χ3n) is 3.22. The zero-order valence-corrected chi connectivity index (χ0v) is 10.4. The van der Waals surface area contributed by atoms with Gasteiger partial charge < -0.3 is 9.80 Å². The van der Waals surface area contributed by atoms with E-state index in [1.165, 1.54) is 0 Å². The Hall–Kier alpha value is -1.60. The summed E-state index contributed by atoms with van der Waals surface area (Å²) in [6.07, 6.45) is 2.80. The second kappa shape index (κ2) is 5.15. The predicted octanol–water partition coefficient (Wildman–Crippen LogP) is 1.48. The molecular weight excluding hydrogens is 212 g/mol. The molecule has 4 heteroatoms. The Morgan fingerprint density at radius 2 is 2.24 bits per heavy atom. The first-order valence-corrected chi connectivity index (χ1v) is 6.02. The van der Waals surface area contributed by atoms with Gasteiger partial charge in [-0.25, -0.2) is 4.98 Å². The van der Waals surface area contributed by atoms with Crippen LogP contribution >= 0.6 is 0 Å². The molecule has 17 heavy (non-hydrogen) atoms. The number of anilines is 1. The van der Waals surface area contributed by atoms with Crippen LogP contribution in [0.4, 0.5) is 5.82 Å². The Kier molecular flexibility index (Phi) is 3.60. The fourth-order valence-electron chi connectivity index (χ4n) is 2.33. The molecule has 1 aliphatic rings. The maximum atomic E-state index is 8.76. The van der Waals surface area contributed by atoms with E-state index in [1.807, 2.05) is 12.1 Å². The van der Waals surface area contributed by atoms with E-state index in [-0.39, 0.29) is 0 Å². The number of nitriles is 1. The Balaban J connectivity index is 2.17. The zero-order chi connectivity index (χ0) is 12.3. The van der Waals surface area contributed by atoms with Gasteiger partial charge >= 0.3 is 0 Å². The van der Waals surface area contributed by atoms with Crippen molar-refractivity contribution >= 4 is 5.82 Å². The van der Waals surface area contributed by atoms with Crippen LogP contribution < -0.4 is 4.90 Å². The first-order valence-electron chi connectivity index (χ1n) is 6.02. The molecule has 0 aliphatic carbocycles. The number of hydrogen-bond acceptors (Lipinski definition) is 4. The van der Waals surface area contributed by atoms with Crippen LogP contribution in [-0.2, 0) is 0 Å². The minimum Gasteiger partial charge on any atom is -0.353 e. The van der Waals surface area contributed by atoms with Gasteiger partial charge in [-0.15, -0.1) is 0 Å².